The van der Waals surface area contributed by atoms with Crippen molar-refractivity contribution in [3.63, 3.8) is 0 Å². The standard InChI is InChI=1S/C15H21NO3/c1-18-11-12-19-10-4-8-16-9-7-13-5-2-3-6-14(13)15(16)17/h2-3,5-6H,4,7-12H2,1H3. The Morgan fingerprint density at radius 1 is 1.21 bits per heavy atom. The zero-order chi connectivity index (χ0) is 13.5. The zero-order valence-electron chi connectivity index (χ0n) is 11.4. The molecule has 0 saturated heterocycles. The predicted molar refractivity (Wildman–Crippen MR) is 73.4 cm³/mol. The molecule has 19 heavy (non-hydrogen) atoms. The van der Waals surface area contributed by atoms with Crippen molar-refractivity contribution >= 4 is 5.91 Å². The predicted octanol–water partition coefficient (Wildman–Crippen LogP) is 1.74. The molecule has 4 nitrogen and oxygen atoms in total. The molecule has 0 bridgehead atoms. The number of benzene rings is 1. The third-order valence-corrected chi connectivity index (χ3v) is 3.33. The van der Waals surface area contributed by atoms with E-state index in [0.717, 1.165) is 31.5 Å². The number of nitrogens with zero attached hydrogens (tertiary/aromatic N) is 1. The summed E-state index contributed by atoms with van der Waals surface area (Å²) in [4.78, 5) is 14.2. The van der Waals surface area contributed by atoms with Crippen molar-refractivity contribution in [2.24, 2.45) is 0 Å². The summed E-state index contributed by atoms with van der Waals surface area (Å²) in [7, 11) is 1.66. The molecule has 0 aliphatic carbocycles. The fourth-order valence-corrected chi connectivity index (χ4v) is 2.29. The monoisotopic (exact) mass is 263 g/mol. The van der Waals surface area contributed by atoms with Gasteiger partial charge in [-0.15, -0.1) is 0 Å². The van der Waals surface area contributed by atoms with E-state index in [1.54, 1.807) is 7.11 Å². The van der Waals surface area contributed by atoms with Gasteiger partial charge in [0.15, 0.2) is 0 Å². The molecule has 1 aliphatic rings. The molecule has 2 rings (SSSR count). The van der Waals surface area contributed by atoms with E-state index >= 15 is 0 Å². The van der Waals surface area contributed by atoms with Gasteiger partial charge in [0.1, 0.15) is 0 Å². The summed E-state index contributed by atoms with van der Waals surface area (Å²) in [6, 6.07) is 7.87. The van der Waals surface area contributed by atoms with Crippen molar-refractivity contribution in [1.82, 2.24) is 4.90 Å². The van der Waals surface area contributed by atoms with Crippen LogP contribution in [0.3, 0.4) is 0 Å². The molecule has 4 heteroatoms. The Labute approximate surface area is 114 Å². The lowest BCUT2D eigenvalue weighted by atomic mass is 9.99. The van der Waals surface area contributed by atoms with Gasteiger partial charge in [-0.3, -0.25) is 4.79 Å². The summed E-state index contributed by atoms with van der Waals surface area (Å²) >= 11 is 0. The Kier molecular flexibility index (Phi) is 5.36. The van der Waals surface area contributed by atoms with Gasteiger partial charge < -0.3 is 14.4 Å². The van der Waals surface area contributed by atoms with E-state index in [-0.39, 0.29) is 5.91 Å². The highest BCUT2D eigenvalue weighted by Gasteiger charge is 2.22. The van der Waals surface area contributed by atoms with Gasteiger partial charge in [0.2, 0.25) is 0 Å². The number of carbonyl (C=O) groups excluding carboxylic acids is 1. The smallest absolute Gasteiger partial charge is 0.254 e. The van der Waals surface area contributed by atoms with E-state index in [2.05, 4.69) is 0 Å². The maximum Gasteiger partial charge on any atom is 0.254 e. The Bertz CT molecular complexity index is 420. The second kappa shape index (κ2) is 7.26. The van der Waals surface area contributed by atoms with Crippen LogP contribution in [0.15, 0.2) is 24.3 Å². The van der Waals surface area contributed by atoms with E-state index in [0.29, 0.717) is 19.8 Å². The average Bonchev–Trinajstić information content (AvgIpc) is 2.45. The van der Waals surface area contributed by atoms with Crippen LogP contribution in [0, 0.1) is 0 Å². The number of fused-ring (bicyclic) bond motifs is 1. The third-order valence-electron chi connectivity index (χ3n) is 3.33. The normalized spacial score (nSPS) is 14.6. The first kappa shape index (κ1) is 14.0. The minimum Gasteiger partial charge on any atom is -0.382 e. The Morgan fingerprint density at radius 3 is 2.89 bits per heavy atom. The molecule has 0 N–H and O–H groups in total. The van der Waals surface area contributed by atoms with Crippen LogP contribution in [0.4, 0.5) is 0 Å². The van der Waals surface area contributed by atoms with E-state index in [1.807, 2.05) is 29.2 Å². The highest BCUT2D eigenvalue weighted by atomic mass is 16.5. The van der Waals surface area contributed by atoms with E-state index in [4.69, 9.17) is 9.47 Å². The van der Waals surface area contributed by atoms with E-state index in [9.17, 15) is 4.79 Å². The number of methoxy groups -OCH3 is 1. The topological polar surface area (TPSA) is 38.8 Å². The van der Waals surface area contributed by atoms with Crippen molar-refractivity contribution in [3.05, 3.63) is 35.4 Å². The van der Waals surface area contributed by atoms with Gasteiger partial charge in [0.05, 0.1) is 13.2 Å². The van der Waals surface area contributed by atoms with Crippen LogP contribution in [-0.2, 0) is 15.9 Å². The number of rotatable bonds is 7. The molecule has 1 heterocycles. The molecule has 0 radical (unpaired) electrons. The molecular formula is C15H21NO3. The third kappa shape index (κ3) is 3.78. The molecule has 1 aromatic carbocycles. The molecule has 0 unspecified atom stereocenters. The molecule has 0 atom stereocenters. The number of hydrogen-bond donors (Lipinski definition) is 0. The summed E-state index contributed by atoms with van der Waals surface area (Å²) in [5.41, 5.74) is 2.02. The van der Waals surface area contributed by atoms with Crippen molar-refractivity contribution < 1.29 is 14.3 Å². The van der Waals surface area contributed by atoms with Crippen molar-refractivity contribution in [2.45, 2.75) is 12.8 Å². The van der Waals surface area contributed by atoms with E-state index < -0.39 is 0 Å². The lowest BCUT2D eigenvalue weighted by Gasteiger charge is -2.28. The lowest BCUT2D eigenvalue weighted by molar-refractivity contribution is 0.0590. The minimum atomic E-state index is 0.152. The first-order valence-electron chi connectivity index (χ1n) is 6.77. The largest absolute Gasteiger partial charge is 0.382 e. The maximum atomic E-state index is 12.2. The van der Waals surface area contributed by atoms with Gasteiger partial charge in [0, 0.05) is 32.4 Å². The fourth-order valence-electron chi connectivity index (χ4n) is 2.29. The van der Waals surface area contributed by atoms with Crippen LogP contribution in [0.1, 0.15) is 22.3 Å². The average molecular weight is 263 g/mol. The van der Waals surface area contributed by atoms with Gasteiger partial charge in [-0.2, -0.15) is 0 Å². The molecular weight excluding hydrogens is 242 g/mol. The molecule has 1 amide bonds. The van der Waals surface area contributed by atoms with Crippen LogP contribution in [0.5, 0.6) is 0 Å². The molecule has 0 fully saturated rings. The summed E-state index contributed by atoms with van der Waals surface area (Å²) in [6.45, 7) is 3.49. The van der Waals surface area contributed by atoms with Gasteiger partial charge in [-0.1, -0.05) is 18.2 Å². The Balaban J connectivity index is 1.76. The number of ether oxygens (including phenoxy) is 2. The number of amides is 1. The summed E-state index contributed by atoms with van der Waals surface area (Å²) in [6.07, 6.45) is 1.82. The lowest BCUT2D eigenvalue weighted by Crippen LogP contribution is -2.38. The first-order chi connectivity index (χ1) is 9.33. The maximum absolute atomic E-state index is 12.2. The molecule has 1 aromatic rings. The van der Waals surface area contributed by atoms with Crippen molar-refractivity contribution in [2.75, 3.05) is 40.0 Å². The zero-order valence-corrected chi connectivity index (χ0v) is 11.4. The van der Waals surface area contributed by atoms with Crippen LogP contribution >= 0.6 is 0 Å². The van der Waals surface area contributed by atoms with Gasteiger partial charge in [-0.05, 0) is 24.5 Å². The van der Waals surface area contributed by atoms with Gasteiger partial charge in [-0.25, -0.2) is 0 Å². The first-order valence-corrected chi connectivity index (χ1v) is 6.77. The summed E-state index contributed by atoms with van der Waals surface area (Å²) in [5.74, 6) is 0.152. The molecule has 1 aliphatic heterocycles. The summed E-state index contributed by atoms with van der Waals surface area (Å²) < 4.78 is 10.3. The molecule has 104 valence electrons. The highest BCUT2D eigenvalue weighted by molar-refractivity contribution is 5.96. The fraction of sp³-hybridized carbons (Fsp3) is 0.533. The minimum absolute atomic E-state index is 0.152. The van der Waals surface area contributed by atoms with Crippen LogP contribution in [0.25, 0.3) is 0 Å². The highest BCUT2D eigenvalue weighted by Crippen LogP contribution is 2.18. The van der Waals surface area contributed by atoms with Gasteiger partial charge >= 0.3 is 0 Å². The number of carbonyl (C=O) groups is 1. The molecule has 0 saturated carbocycles. The second-order valence-electron chi connectivity index (χ2n) is 4.66. The second-order valence-corrected chi connectivity index (χ2v) is 4.66. The van der Waals surface area contributed by atoms with E-state index in [1.165, 1.54) is 5.56 Å². The molecule has 0 aromatic heterocycles. The van der Waals surface area contributed by atoms with Crippen molar-refractivity contribution in [1.29, 1.82) is 0 Å². The summed E-state index contributed by atoms with van der Waals surface area (Å²) in [5, 5.41) is 0. The van der Waals surface area contributed by atoms with Crippen LogP contribution in [-0.4, -0.2) is 50.8 Å². The Hall–Kier alpha value is -1.39. The van der Waals surface area contributed by atoms with Crippen molar-refractivity contribution in [3.8, 4) is 0 Å². The Morgan fingerprint density at radius 2 is 2.05 bits per heavy atom. The van der Waals surface area contributed by atoms with Crippen LogP contribution < -0.4 is 0 Å². The SMILES string of the molecule is COCCOCCCN1CCc2ccccc2C1=O. The van der Waals surface area contributed by atoms with Gasteiger partial charge in [0.25, 0.3) is 5.91 Å². The molecule has 0 spiro atoms. The number of hydrogen-bond acceptors (Lipinski definition) is 3. The quantitative estimate of drug-likeness (QED) is 0.703. The van der Waals surface area contributed by atoms with Crippen LogP contribution in [0.2, 0.25) is 0 Å².